The van der Waals surface area contributed by atoms with E-state index >= 15 is 0 Å². The molecule has 2 aliphatic heterocycles. The van der Waals surface area contributed by atoms with Gasteiger partial charge in [0.2, 0.25) is 0 Å². The number of quaternary nitrogens is 2. The fraction of sp³-hybridized carbons (Fsp3) is 1.00. The second-order valence-corrected chi connectivity index (χ2v) is 4.93. The molecule has 2 aliphatic rings. The molecule has 4 heteroatoms. The van der Waals surface area contributed by atoms with Crippen LogP contribution in [0.1, 0.15) is 27.7 Å². The van der Waals surface area contributed by atoms with Crippen molar-refractivity contribution in [3.8, 4) is 0 Å². The number of hydrogen-bond donors (Lipinski definition) is 2. The summed E-state index contributed by atoms with van der Waals surface area (Å²) in [6.07, 6.45) is 0. The standard InChI is InChI=1S/C6H14N2.C5H12N2.2C2H6/c1-7-3-5-8(2)6-4-7;1-7-4-2-6-3-5-7;2*1-2/h3-6H2,1-2H3;6H,2-5H2,1H3;2*1-2H3/p+2. The van der Waals surface area contributed by atoms with E-state index in [0.29, 0.717) is 0 Å². The van der Waals surface area contributed by atoms with Crippen LogP contribution in [0.2, 0.25) is 0 Å². The molecule has 0 amide bonds. The van der Waals surface area contributed by atoms with E-state index in [1.165, 1.54) is 52.4 Å². The molecule has 2 saturated heterocycles. The molecule has 19 heavy (non-hydrogen) atoms. The molecule has 0 aromatic heterocycles. The summed E-state index contributed by atoms with van der Waals surface area (Å²) in [4.78, 5) is 6.41. The minimum Gasteiger partial charge on any atom is -0.344 e. The van der Waals surface area contributed by atoms with Crippen LogP contribution in [0, 0.1) is 0 Å². The first kappa shape index (κ1) is 21.1. The van der Waals surface area contributed by atoms with Gasteiger partial charge in [-0.15, -0.1) is 0 Å². The third-order valence-corrected chi connectivity index (χ3v) is 3.27. The Morgan fingerprint density at radius 2 is 1.11 bits per heavy atom. The van der Waals surface area contributed by atoms with Crippen molar-refractivity contribution in [2.24, 2.45) is 0 Å². The first-order chi connectivity index (χ1) is 9.18. The normalized spacial score (nSPS) is 21.0. The zero-order chi connectivity index (χ0) is 15.1. The summed E-state index contributed by atoms with van der Waals surface area (Å²) in [6, 6.07) is 0. The Bertz CT molecular complexity index is 140. The van der Waals surface area contributed by atoms with E-state index in [1.54, 1.807) is 4.90 Å². The molecule has 4 nitrogen and oxygen atoms in total. The number of hydrogen-bond acceptors (Lipinski definition) is 2. The van der Waals surface area contributed by atoms with E-state index in [1.807, 2.05) is 27.7 Å². The van der Waals surface area contributed by atoms with Gasteiger partial charge in [-0.25, -0.2) is 0 Å². The number of nitrogens with two attached hydrogens (primary N) is 1. The topological polar surface area (TPSA) is 27.5 Å². The van der Waals surface area contributed by atoms with Crippen molar-refractivity contribution in [1.29, 1.82) is 0 Å². The highest BCUT2D eigenvalue weighted by Gasteiger charge is 2.11. The number of nitrogens with zero attached hydrogens (tertiary/aromatic N) is 2. The van der Waals surface area contributed by atoms with Crippen molar-refractivity contribution in [3.05, 3.63) is 0 Å². The third kappa shape index (κ3) is 14.1. The van der Waals surface area contributed by atoms with Crippen LogP contribution in [0.4, 0.5) is 0 Å². The third-order valence-electron chi connectivity index (χ3n) is 3.27. The van der Waals surface area contributed by atoms with Crippen LogP contribution < -0.4 is 10.2 Å². The van der Waals surface area contributed by atoms with Crippen molar-refractivity contribution in [2.75, 3.05) is 73.5 Å². The molecule has 0 aliphatic carbocycles. The lowest BCUT2D eigenvalue weighted by atomic mass is 10.4. The fourth-order valence-corrected chi connectivity index (χ4v) is 1.88. The first-order valence-electron chi connectivity index (χ1n) is 8.18. The lowest BCUT2D eigenvalue weighted by Crippen LogP contribution is -3.11. The number of likely N-dealkylation sites (N-methyl/N-ethyl adjacent to an activating group) is 3. The van der Waals surface area contributed by atoms with Crippen molar-refractivity contribution < 1.29 is 10.2 Å². The summed E-state index contributed by atoms with van der Waals surface area (Å²) in [6.45, 7) is 18.3. The fourth-order valence-electron chi connectivity index (χ4n) is 1.88. The maximum absolute atomic E-state index is 2.38. The predicted octanol–water partition coefficient (Wildman–Crippen LogP) is -1.01. The highest BCUT2D eigenvalue weighted by Crippen LogP contribution is 1.79. The maximum Gasteiger partial charge on any atom is 0.0898 e. The second-order valence-electron chi connectivity index (χ2n) is 4.93. The van der Waals surface area contributed by atoms with E-state index < -0.39 is 0 Å². The predicted molar refractivity (Wildman–Crippen MR) is 86.0 cm³/mol. The van der Waals surface area contributed by atoms with Crippen LogP contribution in [0.3, 0.4) is 0 Å². The van der Waals surface area contributed by atoms with Crippen molar-refractivity contribution in [2.45, 2.75) is 27.7 Å². The summed E-state index contributed by atoms with van der Waals surface area (Å²) < 4.78 is 0. The Hall–Kier alpha value is -0.160. The smallest absolute Gasteiger partial charge is 0.0898 e. The summed E-state index contributed by atoms with van der Waals surface area (Å²) in [5, 5.41) is 2.36. The Morgan fingerprint density at radius 1 is 0.737 bits per heavy atom. The van der Waals surface area contributed by atoms with Crippen LogP contribution in [0.5, 0.6) is 0 Å². The molecule has 0 bridgehead atoms. The molecule has 0 atom stereocenters. The molecule has 0 unspecified atom stereocenters. The Morgan fingerprint density at radius 3 is 1.37 bits per heavy atom. The molecule has 0 aromatic rings. The summed E-state index contributed by atoms with van der Waals surface area (Å²) in [7, 11) is 6.62. The van der Waals surface area contributed by atoms with Gasteiger partial charge in [0.15, 0.2) is 0 Å². The largest absolute Gasteiger partial charge is 0.344 e. The lowest BCUT2D eigenvalue weighted by Gasteiger charge is -2.26. The summed E-state index contributed by atoms with van der Waals surface area (Å²) in [5.74, 6) is 0. The summed E-state index contributed by atoms with van der Waals surface area (Å²) in [5.41, 5.74) is 0. The van der Waals surface area contributed by atoms with Crippen molar-refractivity contribution in [3.63, 3.8) is 0 Å². The first-order valence-corrected chi connectivity index (χ1v) is 8.18. The highest BCUT2D eigenvalue weighted by molar-refractivity contribution is 4.51. The van der Waals surface area contributed by atoms with Gasteiger partial charge in [-0.1, -0.05) is 27.7 Å². The molecule has 0 radical (unpaired) electrons. The molecule has 0 saturated carbocycles. The lowest BCUT2D eigenvalue weighted by molar-refractivity contribution is -0.884. The zero-order valence-corrected chi connectivity index (χ0v) is 14.6. The van der Waals surface area contributed by atoms with Gasteiger partial charge in [-0.2, -0.15) is 0 Å². The van der Waals surface area contributed by atoms with E-state index in [9.17, 15) is 0 Å². The maximum atomic E-state index is 2.38. The Kier molecular flexibility index (Phi) is 17.7. The molecular formula is C15H40N4+2. The molecule has 118 valence electrons. The van der Waals surface area contributed by atoms with Gasteiger partial charge in [-0.3, -0.25) is 9.80 Å². The van der Waals surface area contributed by atoms with E-state index in [4.69, 9.17) is 0 Å². The van der Waals surface area contributed by atoms with Gasteiger partial charge in [0.25, 0.3) is 0 Å². The molecular weight excluding hydrogens is 236 g/mol. The Balaban J connectivity index is 0. The monoisotopic (exact) mass is 276 g/mol. The van der Waals surface area contributed by atoms with Crippen LogP contribution in [-0.4, -0.2) is 83.3 Å². The molecule has 0 aromatic carbocycles. The second kappa shape index (κ2) is 15.9. The average Bonchev–Trinajstić information content (AvgIpc) is 2.48. The van der Waals surface area contributed by atoms with E-state index in [2.05, 4.69) is 36.3 Å². The minimum atomic E-state index is 1.26. The molecule has 2 heterocycles. The molecule has 2 rings (SSSR count). The number of rotatable bonds is 0. The molecule has 0 spiro atoms. The number of piperazine rings is 2. The van der Waals surface area contributed by atoms with Gasteiger partial charge in [0.05, 0.1) is 33.2 Å². The van der Waals surface area contributed by atoms with Gasteiger partial charge in [0.1, 0.15) is 0 Å². The SMILES string of the molecule is CC.CC.CN1CC[NH+](C)CC1.CN1CC[NH2+]CC1. The van der Waals surface area contributed by atoms with Crippen LogP contribution in [-0.2, 0) is 0 Å². The van der Waals surface area contributed by atoms with Crippen LogP contribution >= 0.6 is 0 Å². The van der Waals surface area contributed by atoms with Crippen molar-refractivity contribution >= 4 is 0 Å². The molecule has 3 N–H and O–H groups in total. The quantitative estimate of drug-likeness (QED) is 0.594. The minimum absolute atomic E-state index is 1.26. The van der Waals surface area contributed by atoms with E-state index in [0.717, 1.165) is 0 Å². The van der Waals surface area contributed by atoms with Gasteiger partial charge in [0, 0.05) is 26.2 Å². The summed E-state index contributed by atoms with van der Waals surface area (Å²) >= 11 is 0. The number of nitrogens with one attached hydrogen (secondary N) is 1. The van der Waals surface area contributed by atoms with Gasteiger partial charge < -0.3 is 10.2 Å². The Labute approximate surface area is 122 Å². The van der Waals surface area contributed by atoms with Gasteiger partial charge in [-0.05, 0) is 14.1 Å². The van der Waals surface area contributed by atoms with E-state index in [-0.39, 0.29) is 0 Å². The van der Waals surface area contributed by atoms with Crippen LogP contribution in [0.15, 0.2) is 0 Å². The van der Waals surface area contributed by atoms with Gasteiger partial charge >= 0.3 is 0 Å². The molecule has 2 fully saturated rings. The highest BCUT2D eigenvalue weighted by atomic mass is 15.2. The van der Waals surface area contributed by atoms with Crippen LogP contribution in [0.25, 0.3) is 0 Å². The van der Waals surface area contributed by atoms with Crippen molar-refractivity contribution in [1.82, 2.24) is 9.80 Å². The zero-order valence-electron chi connectivity index (χ0n) is 14.6. The average molecular weight is 277 g/mol.